The monoisotopic (exact) mass is 391 g/mol. The summed E-state index contributed by atoms with van der Waals surface area (Å²) in [5.41, 5.74) is 5.74. The van der Waals surface area contributed by atoms with Crippen LogP contribution in [0.1, 0.15) is 19.8 Å². The number of rotatable bonds is 8. The van der Waals surface area contributed by atoms with E-state index >= 15 is 0 Å². The van der Waals surface area contributed by atoms with Crippen LogP contribution < -0.4 is 14.5 Å². The largest absolute Gasteiger partial charge is 0.462 e. The van der Waals surface area contributed by atoms with Crippen molar-refractivity contribution < 1.29 is 4.74 Å². The van der Waals surface area contributed by atoms with Crippen LogP contribution in [0.25, 0.3) is 22.5 Å². The molecular formula is C23H29N5O. The fourth-order valence-electron chi connectivity index (χ4n) is 2.91. The Kier molecular flexibility index (Phi) is 6.65. The third-order valence-corrected chi connectivity index (χ3v) is 4.71. The lowest BCUT2D eigenvalue weighted by atomic mass is 10.0. The fraction of sp³-hybridized carbons (Fsp3) is 0.348. The van der Waals surface area contributed by atoms with E-state index < -0.39 is 0 Å². The van der Waals surface area contributed by atoms with Crippen LogP contribution in [0.4, 0.5) is 11.4 Å². The van der Waals surface area contributed by atoms with Gasteiger partial charge in [0.05, 0.1) is 6.61 Å². The Bertz CT molecular complexity index is 921. The average Bonchev–Trinajstić information content (AvgIpc) is 2.74. The molecule has 0 saturated heterocycles. The molecule has 1 heterocycles. The topological polar surface area (TPSA) is 54.4 Å². The fourth-order valence-corrected chi connectivity index (χ4v) is 2.91. The Morgan fingerprint density at radius 3 is 1.72 bits per heavy atom. The maximum Gasteiger partial charge on any atom is 0.336 e. The molecule has 0 aliphatic carbocycles. The summed E-state index contributed by atoms with van der Waals surface area (Å²) in [5.74, 6) is 0. The van der Waals surface area contributed by atoms with E-state index in [4.69, 9.17) is 9.72 Å². The van der Waals surface area contributed by atoms with Gasteiger partial charge >= 0.3 is 6.01 Å². The Morgan fingerprint density at radius 2 is 1.24 bits per heavy atom. The number of nitrogens with zero attached hydrogens (tertiary/aromatic N) is 5. The van der Waals surface area contributed by atoms with E-state index in [2.05, 4.69) is 75.5 Å². The normalized spacial score (nSPS) is 10.7. The zero-order valence-corrected chi connectivity index (χ0v) is 17.9. The van der Waals surface area contributed by atoms with Crippen LogP contribution >= 0.6 is 0 Å². The molecule has 6 nitrogen and oxygen atoms in total. The second kappa shape index (κ2) is 9.37. The maximum absolute atomic E-state index is 5.71. The lowest BCUT2D eigenvalue weighted by Crippen LogP contribution is -2.09. The van der Waals surface area contributed by atoms with Gasteiger partial charge in [0, 0.05) is 50.7 Å². The minimum atomic E-state index is 0.318. The molecule has 3 rings (SSSR count). The van der Waals surface area contributed by atoms with Crippen LogP contribution in [0.3, 0.4) is 0 Å². The summed E-state index contributed by atoms with van der Waals surface area (Å²) in [7, 11) is 8.10. The van der Waals surface area contributed by atoms with Crippen LogP contribution in [0.15, 0.2) is 48.5 Å². The molecule has 3 aromatic rings. The van der Waals surface area contributed by atoms with Gasteiger partial charge in [0.25, 0.3) is 0 Å². The maximum atomic E-state index is 5.71. The number of hydrogen-bond acceptors (Lipinski definition) is 6. The van der Waals surface area contributed by atoms with Gasteiger partial charge in [-0.2, -0.15) is 4.98 Å². The average molecular weight is 392 g/mol. The molecule has 1 aromatic heterocycles. The molecule has 152 valence electrons. The minimum absolute atomic E-state index is 0.318. The summed E-state index contributed by atoms with van der Waals surface area (Å²) in [6.45, 7) is 2.72. The van der Waals surface area contributed by atoms with E-state index in [1.807, 2.05) is 28.2 Å². The van der Waals surface area contributed by atoms with Crippen molar-refractivity contribution in [2.45, 2.75) is 19.8 Å². The summed E-state index contributed by atoms with van der Waals surface area (Å²) in [4.78, 5) is 8.84. The van der Waals surface area contributed by atoms with Crippen molar-refractivity contribution in [3.8, 4) is 28.5 Å². The van der Waals surface area contributed by atoms with Gasteiger partial charge in [-0.15, -0.1) is 5.10 Å². The minimum Gasteiger partial charge on any atom is -0.462 e. The molecule has 29 heavy (non-hydrogen) atoms. The van der Waals surface area contributed by atoms with E-state index in [1.165, 1.54) is 0 Å². The Labute approximate surface area is 173 Å². The van der Waals surface area contributed by atoms with Gasteiger partial charge in [-0.3, -0.25) is 0 Å². The molecule has 0 unspecified atom stereocenters. The molecule has 0 aliphatic rings. The van der Waals surface area contributed by atoms with Crippen LogP contribution in [-0.4, -0.2) is 50.0 Å². The second-order valence-corrected chi connectivity index (χ2v) is 7.38. The number of benzene rings is 2. The highest BCUT2D eigenvalue weighted by atomic mass is 16.5. The Hall–Kier alpha value is -3.15. The lowest BCUT2D eigenvalue weighted by Gasteiger charge is -2.15. The van der Waals surface area contributed by atoms with Crippen LogP contribution in [-0.2, 0) is 0 Å². The lowest BCUT2D eigenvalue weighted by molar-refractivity contribution is 0.282. The van der Waals surface area contributed by atoms with Crippen LogP contribution in [0.2, 0.25) is 0 Å². The standard InChI is InChI=1S/C23H29N5O/c1-6-7-16-29-23-24-21(17-8-12-19(13-9-17)27(2)3)22(25-26-23)18-10-14-20(15-11-18)28(4)5/h8-15H,6-7,16H2,1-5H3. The van der Waals surface area contributed by atoms with Crippen molar-refractivity contribution in [1.29, 1.82) is 0 Å². The van der Waals surface area contributed by atoms with E-state index in [1.54, 1.807) is 0 Å². The van der Waals surface area contributed by atoms with E-state index in [0.717, 1.165) is 46.7 Å². The Morgan fingerprint density at radius 1 is 0.724 bits per heavy atom. The summed E-state index contributed by atoms with van der Waals surface area (Å²) < 4.78 is 5.71. The zero-order valence-electron chi connectivity index (χ0n) is 17.9. The molecule has 2 aromatic carbocycles. The number of anilines is 2. The van der Waals surface area contributed by atoms with Gasteiger partial charge in [0.2, 0.25) is 0 Å². The van der Waals surface area contributed by atoms with Gasteiger partial charge in [-0.25, -0.2) is 0 Å². The van der Waals surface area contributed by atoms with Crippen molar-refractivity contribution in [3.05, 3.63) is 48.5 Å². The van der Waals surface area contributed by atoms with E-state index in [0.29, 0.717) is 12.6 Å². The van der Waals surface area contributed by atoms with Crippen molar-refractivity contribution in [2.75, 3.05) is 44.6 Å². The predicted octanol–water partition coefficient (Wildman–Crippen LogP) is 4.52. The van der Waals surface area contributed by atoms with Gasteiger partial charge in [-0.05, 0) is 30.7 Å². The number of ether oxygens (including phenoxy) is 1. The molecule has 0 aliphatic heterocycles. The molecule has 0 atom stereocenters. The molecule has 0 saturated carbocycles. The molecule has 0 fully saturated rings. The first-order valence-electron chi connectivity index (χ1n) is 9.92. The quantitative estimate of drug-likeness (QED) is 0.527. The van der Waals surface area contributed by atoms with Crippen molar-refractivity contribution in [2.24, 2.45) is 0 Å². The first-order chi connectivity index (χ1) is 14.0. The highest BCUT2D eigenvalue weighted by Gasteiger charge is 2.15. The highest BCUT2D eigenvalue weighted by Crippen LogP contribution is 2.31. The summed E-state index contributed by atoms with van der Waals surface area (Å²) >= 11 is 0. The molecule has 0 spiro atoms. The molecule has 0 amide bonds. The van der Waals surface area contributed by atoms with E-state index in [9.17, 15) is 0 Å². The summed E-state index contributed by atoms with van der Waals surface area (Å²) in [6.07, 6.45) is 2.02. The molecule has 6 heteroatoms. The Balaban J connectivity index is 2.02. The van der Waals surface area contributed by atoms with Gasteiger partial charge in [-0.1, -0.05) is 42.7 Å². The molecular weight excluding hydrogens is 362 g/mol. The van der Waals surface area contributed by atoms with Gasteiger partial charge in [0.1, 0.15) is 11.4 Å². The number of aromatic nitrogens is 3. The zero-order chi connectivity index (χ0) is 20.8. The van der Waals surface area contributed by atoms with Gasteiger partial charge < -0.3 is 14.5 Å². The third kappa shape index (κ3) is 5.02. The second-order valence-electron chi connectivity index (χ2n) is 7.38. The molecule has 0 bridgehead atoms. The summed E-state index contributed by atoms with van der Waals surface area (Å²) in [5, 5.41) is 8.69. The van der Waals surface area contributed by atoms with Crippen molar-refractivity contribution in [3.63, 3.8) is 0 Å². The van der Waals surface area contributed by atoms with Crippen molar-refractivity contribution in [1.82, 2.24) is 15.2 Å². The van der Waals surface area contributed by atoms with Crippen LogP contribution in [0, 0.1) is 0 Å². The van der Waals surface area contributed by atoms with Gasteiger partial charge in [0.15, 0.2) is 0 Å². The van der Waals surface area contributed by atoms with Crippen LogP contribution in [0.5, 0.6) is 6.01 Å². The predicted molar refractivity (Wildman–Crippen MR) is 120 cm³/mol. The van der Waals surface area contributed by atoms with Crippen molar-refractivity contribution >= 4 is 11.4 Å². The highest BCUT2D eigenvalue weighted by molar-refractivity contribution is 5.79. The number of hydrogen-bond donors (Lipinski definition) is 0. The molecule has 0 N–H and O–H groups in total. The summed E-state index contributed by atoms with van der Waals surface area (Å²) in [6, 6.07) is 16.8. The third-order valence-electron chi connectivity index (χ3n) is 4.71. The smallest absolute Gasteiger partial charge is 0.336 e. The van der Waals surface area contributed by atoms with E-state index in [-0.39, 0.29) is 0 Å². The SMILES string of the molecule is CCCCOc1nnc(-c2ccc(N(C)C)cc2)c(-c2ccc(N(C)C)cc2)n1. The first kappa shape index (κ1) is 20.6. The first-order valence-corrected chi connectivity index (χ1v) is 9.92. The molecule has 0 radical (unpaired) electrons. The number of unbranched alkanes of at least 4 members (excludes halogenated alkanes) is 1.